The van der Waals surface area contributed by atoms with Gasteiger partial charge in [-0.25, -0.2) is 14.5 Å². The summed E-state index contributed by atoms with van der Waals surface area (Å²) in [5.74, 6) is 0.419. The number of carbonyl (C=O) groups excluding carboxylic acids is 1. The maximum Gasteiger partial charge on any atom is 0.459 e. The smallest absolute Gasteiger partial charge is 0.459 e. The monoisotopic (exact) mass is 661 g/mol. The molecule has 0 saturated heterocycles. The lowest BCUT2D eigenvalue weighted by Crippen LogP contribution is -2.44. The number of ether oxygens (including phenoxy) is 2. The molecule has 11 nitrogen and oxygen atoms in total. The average Bonchev–Trinajstić information content (AvgIpc) is 3.41. The molecule has 0 bridgehead atoms. The number of imidazole rings is 1. The van der Waals surface area contributed by atoms with E-state index in [1.54, 1.807) is 26.8 Å². The Morgan fingerprint density at radius 1 is 0.979 bits per heavy atom. The molecule has 12 heteroatoms. The Bertz CT molecular complexity index is 1930. The topological polar surface area (TPSA) is 140 Å². The quantitative estimate of drug-likeness (QED) is 0.0959. The summed E-state index contributed by atoms with van der Waals surface area (Å²) in [6, 6.07) is 19.4. The predicted molar refractivity (Wildman–Crippen MR) is 185 cm³/mol. The molecule has 2 heterocycles. The van der Waals surface area contributed by atoms with Crippen LogP contribution in [0.15, 0.2) is 66.7 Å². The molecule has 0 unspecified atom stereocenters. The third-order valence-corrected chi connectivity index (χ3v) is 9.10. The van der Waals surface area contributed by atoms with Crippen LogP contribution in [0.4, 0.5) is 5.82 Å². The molecule has 5 aromatic rings. The van der Waals surface area contributed by atoms with Crippen LogP contribution < -0.4 is 15.3 Å². The van der Waals surface area contributed by atoms with Crippen LogP contribution in [-0.2, 0) is 30.0 Å². The first kappa shape index (κ1) is 34.3. The van der Waals surface area contributed by atoms with E-state index in [4.69, 9.17) is 29.2 Å². The van der Waals surface area contributed by atoms with Crippen molar-refractivity contribution in [3.05, 3.63) is 72.6 Å². The van der Waals surface area contributed by atoms with Gasteiger partial charge in [0.05, 0.1) is 23.7 Å². The molecule has 0 saturated carbocycles. The number of nitrogens with two attached hydrogens (primary N) is 1. The summed E-state index contributed by atoms with van der Waals surface area (Å²) >= 11 is 0. The molecule has 0 amide bonds. The highest BCUT2D eigenvalue weighted by atomic mass is 31.2. The highest BCUT2D eigenvalue weighted by Crippen LogP contribution is 2.48. The zero-order valence-corrected chi connectivity index (χ0v) is 28.9. The lowest BCUT2D eigenvalue weighted by molar-refractivity contribution is -0.158. The Morgan fingerprint density at radius 2 is 1.66 bits per heavy atom. The molecule has 2 aromatic heterocycles. The number of pyridine rings is 1. The minimum Gasteiger partial charge on any atom is -0.459 e. The Balaban J connectivity index is 1.55. The number of esters is 1. The number of benzene rings is 3. The Morgan fingerprint density at radius 3 is 2.36 bits per heavy atom. The summed E-state index contributed by atoms with van der Waals surface area (Å²) in [5, 5.41) is 5.46. The third-order valence-electron chi connectivity index (χ3n) is 7.58. The summed E-state index contributed by atoms with van der Waals surface area (Å²) in [6.07, 6.45) is 0. The van der Waals surface area contributed by atoms with Crippen molar-refractivity contribution in [2.24, 2.45) is 5.92 Å². The van der Waals surface area contributed by atoms with E-state index in [1.807, 2.05) is 92.9 Å². The van der Waals surface area contributed by atoms with Crippen LogP contribution >= 0.6 is 7.75 Å². The number of nitrogens with one attached hydrogen (secondary N) is 1. The molecular weight excluding hydrogens is 617 g/mol. The number of aromatic nitrogens is 3. The first-order valence-electron chi connectivity index (χ1n) is 15.9. The summed E-state index contributed by atoms with van der Waals surface area (Å²) in [6.45, 7) is 13.5. The fourth-order valence-corrected chi connectivity index (χ4v) is 7.18. The zero-order chi connectivity index (χ0) is 33.9. The van der Waals surface area contributed by atoms with E-state index in [0.29, 0.717) is 29.5 Å². The van der Waals surface area contributed by atoms with Gasteiger partial charge >= 0.3 is 13.7 Å². The van der Waals surface area contributed by atoms with E-state index in [1.165, 1.54) is 0 Å². The second kappa shape index (κ2) is 14.0. The summed E-state index contributed by atoms with van der Waals surface area (Å²) in [5.41, 5.74) is 7.67. The van der Waals surface area contributed by atoms with Gasteiger partial charge in [-0.05, 0) is 58.1 Å². The molecule has 3 N–H and O–H groups in total. The first-order chi connectivity index (χ1) is 22.3. The standard InChI is InChI=1S/C35H44N5O6P/c1-8-43-21-29-38-31-32(26-17-11-12-18-27(26)37-33(31)36)40(29)23(4)20-44-47(42,39-30(22(2)3)34(41)45-35(5,6)7)46-28-19-13-15-24-14-9-10-16-25(24)28/h9-19,22-23,30H,8,20-21H2,1-7H3,(H2,36,37)(H,39,42)/t23-,30+,47+/m1/s1. The van der Waals surface area contributed by atoms with Crippen molar-refractivity contribution >= 4 is 52.2 Å². The lowest BCUT2D eigenvalue weighted by Gasteiger charge is -2.30. The number of hydrogen-bond donors (Lipinski definition) is 2. The first-order valence-corrected chi connectivity index (χ1v) is 17.4. The van der Waals surface area contributed by atoms with Crippen molar-refractivity contribution in [2.75, 3.05) is 18.9 Å². The van der Waals surface area contributed by atoms with Gasteiger partial charge in [0, 0.05) is 17.4 Å². The number of rotatable bonds is 13. The van der Waals surface area contributed by atoms with E-state index < -0.39 is 31.4 Å². The number of anilines is 1. The molecule has 47 heavy (non-hydrogen) atoms. The average molecular weight is 662 g/mol. The molecule has 0 spiro atoms. The van der Waals surface area contributed by atoms with E-state index in [0.717, 1.165) is 27.2 Å². The molecular formula is C35H44N5O6P. The van der Waals surface area contributed by atoms with Gasteiger partial charge < -0.3 is 24.3 Å². The molecule has 5 rings (SSSR count). The zero-order valence-electron chi connectivity index (χ0n) is 28.0. The van der Waals surface area contributed by atoms with Crippen molar-refractivity contribution < 1.29 is 27.9 Å². The van der Waals surface area contributed by atoms with Gasteiger partial charge in [-0.3, -0.25) is 9.32 Å². The molecule has 0 radical (unpaired) electrons. The van der Waals surface area contributed by atoms with Crippen molar-refractivity contribution in [3.8, 4) is 5.75 Å². The van der Waals surface area contributed by atoms with Crippen molar-refractivity contribution in [2.45, 2.75) is 72.8 Å². The van der Waals surface area contributed by atoms with Crippen molar-refractivity contribution in [1.29, 1.82) is 0 Å². The second-order valence-electron chi connectivity index (χ2n) is 12.8. The number of para-hydroxylation sites is 1. The van der Waals surface area contributed by atoms with Gasteiger partial charge in [0.1, 0.15) is 35.3 Å². The molecule has 250 valence electrons. The van der Waals surface area contributed by atoms with Crippen LogP contribution in [-0.4, -0.2) is 45.4 Å². The molecule has 0 aliphatic rings. The van der Waals surface area contributed by atoms with Crippen molar-refractivity contribution in [3.63, 3.8) is 0 Å². The van der Waals surface area contributed by atoms with Gasteiger partial charge in [-0.2, -0.15) is 5.09 Å². The fraction of sp³-hybridized carbons (Fsp3) is 0.400. The van der Waals surface area contributed by atoms with Gasteiger partial charge in [0.25, 0.3) is 0 Å². The highest BCUT2D eigenvalue weighted by molar-refractivity contribution is 7.52. The number of hydrogen-bond acceptors (Lipinski definition) is 9. The summed E-state index contributed by atoms with van der Waals surface area (Å²) in [4.78, 5) is 22.7. The van der Waals surface area contributed by atoms with Crippen LogP contribution in [0, 0.1) is 5.92 Å². The summed E-state index contributed by atoms with van der Waals surface area (Å²) in [7, 11) is -4.24. The maximum absolute atomic E-state index is 14.8. The van der Waals surface area contributed by atoms with Crippen LogP contribution in [0.3, 0.4) is 0 Å². The molecule has 3 aromatic carbocycles. The number of carbonyl (C=O) groups is 1. The van der Waals surface area contributed by atoms with Crippen LogP contribution in [0.2, 0.25) is 0 Å². The molecule has 0 fully saturated rings. The molecule has 0 aliphatic carbocycles. The minimum absolute atomic E-state index is 0.0741. The van der Waals surface area contributed by atoms with Crippen LogP contribution in [0.1, 0.15) is 60.3 Å². The van der Waals surface area contributed by atoms with E-state index in [2.05, 4.69) is 10.1 Å². The lowest BCUT2D eigenvalue weighted by atomic mass is 10.1. The number of nitrogens with zero attached hydrogens (tertiary/aromatic N) is 3. The SMILES string of the molecule is CCOCc1nc2c(N)nc3ccccc3c2n1[C@H](C)CO[P@@](=O)(N[C@H](C(=O)OC(C)(C)C)C(C)C)Oc1cccc2ccccc12. The predicted octanol–water partition coefficient (Wildman–Crippen LogP) is 7.58. The van der Waals surface area contributed by atoms with Crippen molar-refractivity contribution in [1.82, 2.24) is 19.6 Å². The maximum atomic E-state index is 14.8. The molecule has 0 aliphatic heterocycles. The van der Waals surface area contributed by atoms with Crippen LogP contribution in [0.5, 0.6) is 5.75 Å². The second-order valence-corrected chi connectivity index (χ2v) is 14.5. The van der Waals surface area contributed by atoms with Crippen LogP contribution in [0.25, 0.3) is 32.7 Å². The van der Waals surface area contributed by atoms with E-state index in [9.17, 15) is 9.36 Å². The fourth-order valence-electron chi connectivity index (χ4n) is 5.42. The van der Waals surface area contributed by atoms with Gasteiger partial charge in [-0.15, -0.1) is 0 Å². The Hall–Kier alpha value is -4.02. The normalized spacial score (nSPS) is 14.8. The third kappa shape index (κ3) is 7.76. The van der Waals surface area contributed by atoms with E-state index in [-0.39, 0.29) is 19.1 Å². The van der Waals surface area contributed by atoms with Gasteiger partial charge in [-0.1, -0.05) is 68.4 Å². The number of fused-ring (bicyclic) bond motifs is 4. The Labute approximate surface area is 275 Å². The largest absolute Gasteiger partial charge is 0.459 e. The van der Waals surface area contributed by atoms with E-state index >= 15 is 0 Å². The summed E-state index contributed by atoms with van der Waals surface area (Å²) < 4.78 is 40.8. The highest BCUT2D eigenvalue weighted by Gasteiger charge is 2.38. The van der Waals surface area contributed by atoms with Gasteiger partial charge in [0.2, 0.25) is 0 Å². The molecule has 3 atom stereocenters. The Kier molecular flexibility index (Phi) is 10.2. The minimum atomic E-state index is -4.24. The van der Waals surface area contributed by atoms with Gasteiger partial charge in [0.15, 0.2) is 5.82 Å². The number of nitrogen functional groups attached to an aromatic ring is 1.